The molecule has 274 valence electrons. The van der Waals surface area contributed by atoms with Gasteiger partial charge in [-0.2, -0.15) is 9.97 Å². The largest absolute Gasteiger partial charge is 0.461 e. The Bertz CT molecular complexity index is 2210. The molecule has 8 rings (SSSR count). The van der Waals surface area contributed by atoms with Crippen molar-refractivity contribution in [3.63, 3.8) is 0 Å². The molecule has 4 aromatic rings. The summed E-state index contributed by atoms with van der Waals surface area (Å²) >= 11 is 0. The Kier molecular flexibility index (Phi) is 8.41. The molecule has 4 aliphatic rings. The highest BCUT2D eigenvalue weighted by Crippen LogP contribution is 2.44. The second kappa shape index (κ2) is 12.8. The van der Waals surface area contributed by atoms with E-state index in [2.05, 4.69) is 33.9 Å². The average Bonchev–Trinajstić information content (AvgIpc) is 3.68. The Balaban J connectivity index is 1.24. The van der Waals surface area contributed by atoms with Crippen LogP contribution in [-0.4, -0.2) is 86.9 Å². The molecule has 2 aromatic heterocycles. The van der Waals surface area contributed by atoms with Crippen molar-refractivity contribution in [1.29, 1.82) is 0 Å². The number of halogens is 3. The van der Waals surface area contributed by atoms with E-state index in [4.69, 9.17) is 20.9 Å². The number of hydrogen-bond acceptors (Lipinski definition) is 8. The number of piperazine rings is 1. The van der Waals surface area contributed by atoms with E-state index >= 15 is 4.39 Å². The minimum absolute atomic E-state index is 0.0229. The van der Waals surface area contributed by atoms with Crippen LogP contribution in [0.3, 0.4) is 0 Å². The van der Waals surface area contributed by atoms with Gasteiger partial charge >= 0.3 is 12.1 Å². The summed E-state index contributed by atoms with van der Waals surface area (Å²) in [6.45, 7) is 16.5. The topological polar surface area (TPSA) is 83.9 Å². The molecule has 1 amide bonds. The fraction of sp³-hybridized carbons (Fsp3) is 0.415. The van der Waals surface area contributed by atoms with Crippen LogP contribution in [0.4, 0.5) is 23.8 Å². The summed E-state index contributed by atoms with van der Waals surface area (Å²) in [4.78, 5) is 33.5. The maximum absolute atomic E-state index is 17.2. The highest BCUT2D eigenvalue weighted by molar-refractivity contribution is 6.02. The number of rotatable bonds is 6. The molecular formula is C41H41F3N6O3. The Morgan fingerprint density at radius 3 is 2.43 bits per heavy atom. The van der Waals surface area contributed by atoms with Crippen molar-refractivity contribution in [3.05, 3.63) is 77.8 Å². The minimum atomic E-state index is -2.81. The van der Waals surface area contributed by atoms with Gasteiger partial charge in [-0.25, -0.2) is 18.0 Å². The number of aromatic nitrogens is 3. The summed E-state index contributed by atoms with van der Waals surface area (Å²) in [5.74, 6) is 2.21. The van der Waals surface area contributed by atoms with Crippen molar-refractivity contribution in [2.75, 3.05) is 37.7 Å². The lowest BCUT2D eigenvalue weighted by Crippen LogP contribution is -2.57. The zero-order valence-corrected chi connectivity index (χ0v) is 30.1. The lowest BCUT2D eigenvalue weighted by molar-refractivity contribution is 0.0122. The van der Waals surface area contributed by atoms with Gasteiger partial charge in [0.05, 0.1) is 23.0 Å². The molecule has 2 bridgehead atoms. The van der Waals surface area contributed by atoms with Crippen molar-refractivity contribution < 1.29 is 27.4 Å². The van der Waals surface area contributed by atoms with Gasteiger partial charge in [-0.3, -0.25) is 14.8 Å². The molecule has 0 N–H and O–H groups in total. The molecule has 0 aliphatic carbocycles. The van der Waals surface area contributed by atoms with Gasteiger partial charge < -0.3 is 14.4 Å². The molecule has 6 heterocycles. The van der Waals surface area contributed by atoms with E-state index in [1.165, 1.54) is 18.3 Å². The first-order valence-electron chi connectivity index (χ1n) is 17.9. The number of ether oxygens (including phenoxy) is 2. The number of terminal acetylenes is 1. The predicted molar refractivity (Wildman–Crippen MR) is 198 cm³/mol. The fourth-order valence-corrected chi connectivity index (χ4v) is 8.74. The van der Waals surface area contributed by atoms with E-state index in [-0.39, 0.29) is 58.7 Å². The van der Waals surface area contributed by atoms with Crippen molar-refractivity contribution in [1.82, 2.24) is 24.8 Å². The normalized spacial score (nSPS) is 21.2. The summed E-state index contributed by atoms with van der Waals surface area (Å²) in [5, 5.41) is 1.21. The third kappa shape index (κ3) is 6.14. The first-order valence-corrected chi connectivity index (χ1v) is 17.9. The molecule has 2 atom stereocenters. The second-order valence-corrected chi connectivity index (χ2v) is 15.8. The molecule has 0 radical (unpaired) electrons. The van der Waals surface area contributed by atoms with E-state index < -0.39 is 17.8 Å². The standard InChI is InChI=1S/C41H41F3N6O3/c1-7-25-9-8-10-26-13-27(36(43)44)14-30(32(25)26)34-33(42)35-31(17-45-34)37(48-20-28-11-12-29(21-48)50(28)39(51)53-40(4,5)6)47-38(46-35)52-22-41-15-23(2)18-49(41)19-24(3)16-41/h1,8-10,13-14,17,28-29,36H,2-3,11-12,15-16,18-22H2,4-6H3. The average molecular weight is 723 g/mol. The van der Waals surface area contributed by atoms with E-state index in [0.29, 0.717) is 40.6 Å². The van der Waals surface area contributed by atoms with Crippen LogP contribution in [0.15, 0.2) is 60.8 Å². The van der Waals surface area contributed by atoms with Crippen LogP contribution in [-0.2, 0) is 4.74 Å². The highest BCUT2D eigenvalue weighted by Gasteiger charge is 2.48. The molecule has 12 heteroatoms. The first kappa shape index (κ1) is 34.9. The number of hydrogen-bond donors (Lipinski definition) is 0. The molecule has 0 saturated carbocycles. The van der Waals surface area contributed by atoms with Crippen molar-refractivity contribution in [2.45, 2.75) is 76.1 Å². The Morgan fingerprint density at radius 2 is 1.79 bits per heavy atom. The molecular weight excluding hydrogens is 681 g/mol. The lowest BCUT2D eigenvalue weighted by atomic mass is 9.92. The lowest BCUT2D eigenvalue weighted by Gasteiger charge is -2.42. The maximum Gasteiger partial charge on any atom is 0.410 e. The Labute approximate surface area is 306 Å². The fourth-order valence-electron chi connectivity index (χ4n) is 8.74. The van der Waals surface area contributed by atoms with Gasteiger partial charge in [0.15, 0.2) is 5.82 Å². The minimum Gasteiger partial charge on any atom is -0.461 e. The van der Waals surface area contributed by atoms with Crippen LogP contribution in [0.1, 0.15) is 64.0 Å². The molecule has 2 unspecified atom stereocenters. The van der Waals surface area contributed by atoms with Crippen LogP contribution in [0, 0.1) is 18.2 Å². The Hall–Kier alpha value is -5.15. The smallest absolute Gasteiger partial charge is 0.410 e. The van der Waals surface area contributed by atoms with Crippen LogP contribution in [0.5, 0.6) is 6.01 Å². The molecule has 53 heavy (non-hydrogen) atoms. The molecule has 4 fully saturated rings. The van der Waals surface area contributed by atoms with Gasteiger partial charge in [-0.05, 0) is 70.0 Å². The van der Waals surface area contributed by atoms with Crippen molar-refractivity contribution in [3.8, 4) is 29.6 Å². The number of anilines is 1. The number of carbonyl (C=O) groups excluding carboxylic acids is 1. The number of amides is 1. The summed E-state index contributed by atoms with van der Waals surface area (Å²) in [6.07, 6.45) is 7.17. The van der Waals surface area contributed by atoms with Crippen LogP contribution in [0.25, 0.3) is 32.9 Å². The monoisotopic (exact) mass is 722 g/mol. The summed E-state index contributed by atoms with van der Waals surface area (Å²) in [6, 6.07) is 7.31. The number of pyridine rings is 1. The number of fused-ring (bicyclic) bond motifs is 5. The molecule has 9 nitrogen and oxygen atoms in total. The van der Waals surface area contributed by atoms with Crippen molar-refractivity contribution >= 4 is 33.6 Å². The van der Waals surface area contributed by atoms with Gasteiger partial charge in [0.25, 0.3) is 6.43 Å². The van der Waals surface area contributed by atoms with E-state index in [1.54, 1.807) is 18.2 Å². The van der Waals surface area contributed by atoms with Gasteiger partial charge in [-0.15, -0.1) is 6.42 Å². The van der Waals surface area contributed by atoms with Crippen molar-refractivity contribution in [2.24, 2.45) is 0 Å². The van der Waals surface area contributed by atoms with Gasteiger partial charge in [0.1, 0.15) is 29.2 Å². The Morgan fingerprint density at radius 1 is 1.09 bits per heavy atom. The quantitative estimate of drug-likeness (QED) is 0.147. The number of nitrogens with zero attached hydrogens (tertiary/aromatic N) is 6. The van der Waals surface area contributed by atoms with Crippen LogP contribution < -0.4 is 9.64 Å². The van der Waals surface area contributed by atoms with Gasteiger partial charge in [-0.1, -0.05) is 42.4 Å². The number of benzene rings is 2. The van der Waals surface area contributed by atoms with Gasteiger partial charge in [0.2, 0.25) is 0 Å². The second-order valence-electron chi connectivity index (χ2n) is 15.8. The highest BCUT2D eigenvalue weighted by atomic mass is 19.3. The number of carbonyl (C=O) groups is 1. The molecule has 0 spiro atoms. The molecule has 4 aliphatic heterocycles. The third-order valence-corrected chi connectivity index (χ3v) is 10.8. The third-order valence-electron chi connectivity index (χ3n) is 10.8. The predicted octanol–water partition coefficient (Wildman–Crippen LogP) is 7.83. The zero-order valence-electron chi connectivity index (χ0n) is 30.1. The zero-order chi connectivity index (χ0) is 37.4. The first-order chi connectivity index (χ1) is 25.2. The summed E-state index contributed by atoms with van der Waals surface area (Å²) in [5.41, 5.74) is 1.26. The van der Waals surface area contributed by atoms with Crippen LogP contribution in [0.2, 0.25) is 0 Å². The van der Waals surface area contributed by atoms with E-state index in [9.17, 15) is 13.6 Å². The summed E-state index contributed by atoms with van der Waals surface area (Å²) in [7, 11) is 0. The number of alkyl halides is 2. The van der Waals surface area contributed by atoms with E-state index in [0.717, 1.165) is 49.9 Å². The maximum atomic E-state index is 17.2. The molecule has 4 saturated heterocycles. The van der Waals surface area contributed by atoms with E-state index in [1.807, 2.05) is 30.6 Å². The van der Waals surface area contributed by atoms with Crippen LogP contribution >= 0.6 is 0 Å². The SMILES string of the molecule is C#Cc1cccc2cc(C(F)F)cc(-c3ncc4c(N5CC6CCC(C5)N6C(=O)OC(C)(C)C)nc(OCC56CC(=C)CN5CC(=C)C6)nc4c3F)c12. The van der Waals surface area contributed by atoms with Gasteiger partial charge in [0, 0.05) is 54.5 Å². The summed E-state index contributed by atoms with van der Waals surface area (Å²) < 4.78 is 57.7. The molecule has 2 aromatic carbocycles.